The third-order valence-electron chi connectivity index (χ3n) is 12.4. The molecule has 0 aliphatic carbocycles. The number of methoxy groups -OCH3 is 1. The summed E-state index contributed by atoms with van der Waals surface area (Å²) in [5.74, 6) is -2.66. The summed E-state index contributed by atoms with van der Waals surface area (Å²) in [6.45, 7) is 12.5. The van der Waals surface area contributed by atoms with Gasteiger partial charge in [-0.2, -0.15) is 0 Å². The Morgan fingerprint density at radius 3 is 2.52 bits per heavy atom. The number of aromatic nitrogens is 2. The molecule has 332 valence electrons. The number of phenolic OH excluding ortho intramolecular Hbond substituents is 1. The van der Waals surface area contributed by atoms with E-state index in [4.69, 9.17) is 19.2 Å². The number of rotatable bonds is 9. The van der Waals surface area contributed by atoms with Gasteiger partial charge in [-0.05, 0) is 97.7 Å². The number of nitrogens with zero attached hydrogens (tertiary/aromatic N) is 4. The number of aliphatic hydroxyl groups is 1. The van der Waals surface area contributed by atoms with Crippen molar-refractivity contribution in [2.24, 2.45) is 11.3 Å². The number of amides is 3. The van der Waals surface area contributed by atoms with E-state index in [0.717, 1.165) is 39.0 Å². The Labute approximate surface area is 362 Å². The van der Waals surface area contributed by atoms with Crippen LogP contribution in [-0.2, 0) is 52.8 Å². The number of aryl methyl sites for hydroxylation is 1. The first-order valence-electron chi connectivity index (χ1n) is 21.5. The zero-order valence-electron chi connectivity index (χ0n) is 37.0. The molecule has 62 heavy (non-hydrogen) atoms. The molecule has 0 spiro atoms. The number of carbonyl (C=O) groups excluding carboxylic acids is 4. The highest BCUT2D eigenvalue weighted by Gasteiger charge is 2.48. The normalized spacial score (nSPS) is 21.1. The third kappa shape index (κ3) is 8.81. The highest BCUT2D eigenvalue weighted by molar-refractivity contribution is 5.96. The van der Waals surface area contributed by atoms with Crippen LogP contribution < -0.4 is 10.7 Å². The third-order valence-corrected chi connectivity index (χ3v) is 12.4. The molecule has 2 saturated heterocycles. The van der Waals surface area contributed by atoms with E-state index >= 15 is 0 Å². The first-order chi connectivity index (χ1) is 29.4. The number of ether oxygens (including phenoxy) is 3. The largest absolute Gasteiger partial charge is 0.508 e. The minimum Gasteiger partial charge on any atom is -0.508 e. The van der Waals surface area contributed by atoms with Crippen LogP contribution in [0.2, 0.25) is 0 Å². The van der Waals surface area contributed by atoms with Crippen LogP contribution in [0.15, 0.2) is 54.7 Å². The Balaban J connectivity index is 1.35. The molecule has 2 aromatic heterocycles. The van der Waals surface area contributed by atoms with Gasteiger partial charge in [0.25, 0.3) is 11.8 Å². The van der Waals surface area contributed by atoms with Crippen LogP contribution in [0.5, 0.6) is 5.75 Å². The molecule has 15 heteroatoms. The van der Waals surface area contributed by atoms with Gasteiger partial charge in [0.05, 0.1) is 37.3 Å². The van der Waals surface area contributed by atoms with Gasteiger partial charge in [0, 0.05) is 61.7 Å². The lowest BCUT2D eigenvalue weighted by Crippen LogP contribution is -2.65. The van der Waals surface area contributed by atoms with Crippen molar-refractivity contribution in [1.82, 2.24) is 30.2 Å². The second kappa shape index (κ2) is 17.8. The number of esters is 1. The number of phenols is 1. The molecule has 4 aromatic rings. The summed E-state index contributed by atoms with van der Waals surface area (Å²) in [4.78, 5) is 62.1. The van der Waals surface area contributed by atoms with Gasteiger partial charge < -0.3 is 39.2 Å². The molecule has 5 heterocycles. The standard InChI is InChI=1S/C47H60N6O9/c1-9-52-38-15-14-30-22-34(38)35(41(52)33-12-10-16-48-39(33)28(4)60-8)23-46(5,6)24-62-44(57)36-13-11-17-53(50-36)43(56)37(20-29-18-31(30)21-32(54)19-29)49-42(55)40(27(2)3)51(7)45(58)47(59)25-61-26-47/h10,12,14-16,18-19,21-22,27-28,36-37,40,50,54,59H,9,11,13,17,20,23-26H2,1-8H3,(H,49,55)/t28-,36-,37-,40?/m0/s1. The molecule has 3 aliphatic heterocycles. The summed E-state index contributed by atoms with van der Waals surface area (Å²) in [5.41, 5.74) is 7.72. The molecule has 2 aromatic carbocycles. The number of carbonyl (C=O) groups is 4. The van der Waals surface area contributed by atoms with Gasteiger partial charge in [0.15, 0.2) is 5.60 Å². The maximum absolute atomic E-state index is 14.6. The minimum atomic E-state index is -1.73. The molecule has 6 bridgehead atoms. The van der Waals surface area contributed by atoms with Gasteiger partial charge in [-0.15, -0.1) is 0 Å². The van der Waals surface area contributed by atoms with Crippen LogP contribution >= 0.6 is 0 Å². The van der Waals surface area contributed by atoms with E-state index in [0.29, 0.717) is 36.9 Å². The second-order valence-electron chi connectivity index (χ2n) is 18.2. The molecule has 3 amide bonds. The van der Waals surface area contributed by atoms with Crippen LogP contribution in [0, 0.1) is 11.3 Å². The number of pyridine rings is 1. The Morgan fingerprint density at radius 1 is 1.08 bits per heavy atom. The molecule has 0 radical (unpaired) electrons. The fourth-order valence-corrected chi connectivity index (χ4v) is 9.12. The number of hydrogen-bond donors (Lipinski definition) is 4. The van der Waals surface area contributed by atoms with E-state index in [-0.39, 0.29) is 44.6 Å². The van der Waals surface area contributed by atoms with Crippen molar-refractivity contribution in [3.05, 3.63) is 71.5 Å². The average molecular weight is 853 g/mol. The van der Waals surface area contributed by atoms with Gasteiger partial charge in [-0.1, -0.05) is 39.8 Å². The summed E-state index contributed by atoms with van der Waals surface area (Å²) < 4.78 is 19.3. The zero-order valence-corrected chi connectivity index (χ0v) is 37.0. The Bertz CT molecular complexity index is 2350. The molecule has 4 N–H and O–H groups in total. The zero-order chi connectivity index (χ0) is 44.7. The molecule has 3 aliphatic rings. The van der Waals surface area contributed by atoms with E-state index in [2.05, 4.69) is 54.3 Å². The van der Waals surface area contributed by atoms with Gasteiger partial charge in [0.2, 0.25) is 5.91 Å². The summed E-state index contributed by atoms with van der Waals surface area (Å²) in [7, 11) is 3.12. The fourth-order valence-electron chi connectivity index (χ4n) is 9.12. The highest BCUT2D eigenvalue weighted by Crippen LogP contribution is 2.42. The van der Waals surface area contributed by atoms with Crippen molar-refractivity contribution in [3.63, 3.8) is 0 Å². The number of benzene rings is 2. The first kappa shape index (κ1) is 44.7. The van der Waals surface area contributed by atoms with E-state index in [1.165, 1.54) is 17.0 Å². The smallest absolute Gasteiger partial charge is 0.324 e. The maximum Gasteiger partial charge on any atom is 0.324 e. The lowest BCUT2D eigenvalue weighted by molar-refractivity contribution is -0.201. The Kier molecular flexibility index (Phi) is 12.8. The molecule has 4 atom stereocenters. The van der Waals surface area contributed by atoms with Crippen LogP contribution in [0.4, 0.5) is 0 Å². The Morgan fingerprint density at radius 2 is 1.84 bits per heavy atom. The van der Waals surface area contributed by atoms with Gasteiger partial charge in [0.1, 0.15) is 23.9 Å². The molecule has 15 nitrogen and oxygen atoms in total. The summed E-state index contributed by atoms with van der Waals surface area (Å²) in [6, 6.07) is 12.3. The predicted octanol–water partition coefficient (Wildman–Crippen LogP) is 4.70. The molecule has 7 rings (SSSR count). The molecule has 2 fully saturated rings. The van der Waals surface area contributed by atoms with Crippen LogP contribution in [0.1, 0.15) is 77.3 Å². The minimum absolute atomic E-state index is 0.0217. The summed E-state index contributed by atoms with van der Waals surface area (Å²) in [6.07, 6.45) is 2.93. The second-order valence-corrected chi connectivity index (χ2v) is 18.2. The molecule has 0 saturated carbocycles. The SMILES string of the molecule is CCn1c(-c2cccnc2[C@H](C)OC)c2c3cc(ccc31)-c1cc(O)cc(c1)C[C@H](NC(=O)C(C(C)C)N(C)C(=O)C1(O)COC1)C(=O)N1CCC[C@H](N1)C(=O)OCC(C)(C)C2. The molecular weight excluding hydrogens is 793 g/mol. The van der Waals surface area contributed by atoms with Crippen molar-refractivity contribution < 1.29 is 43.6 Å². The number of hydrogen-bond acceptors (Lipinski definition) is 11. The average Bonchev–Trinajstić information content (AvgIpc) is 3.54. The van der Waals surface area contributed by atoms with Crippen LogP contribution in [0.3, 0.4) is 0 Å². The monoisotopic (exact) mass is 852 g/mol. The maximum atomic E-state index is 14.6. The topological polar surface area (TPSA) is 185 Å². The number of hydrazine groups is 1. The van der Waals surface area contributed by atoms with Crippen LogP contribution in [0.25, 0.3) is 33.3 Å². The molecule has 1 unspecified atom stereocenters. The van der Waals surface area contributed by atoms with Crippen molar-refractivity contribution in [2.75, 3.05) is 40.5 Å². The lowest BCUT2D eigenvalue weighted by atomic mass is 9.84. The lowest BCUT2D eigenvalue weighted by Gasteiger charge is -2.41. The van der Waals surface area contributed by atoms with Crippen molar-refractivity contribution in [1.29, 1.82) is 0 Å². The first-order valence-corrected chi connectivity index (χ1v) is 21.5. The number of likely N-dealkylation sites (N-methyl/N-ethyl adjacent to an activating group) is 1. The van der Waals surface area contributed by atoms with Crippen molar-refractivity contribution in [3.8, 4) is 28.1 Å². The van der Waals surface area contributed by atoms with E-state index < -0.39 is 58.8 Å². The number of cyclic esters (lactones) is 1. The van der Waals surface area contributed by atoms with E-state index in [1.807, 2.05) is 25.1 Å². The number of aromatic hydroxyl groups is 1. The summed E-state index contributed by atoms with van der Waals surface area (Å²) >= 11 is 0. The summed E-state index contributed by atoms with van der Waals surface area (Å²) in [5, 5.41) is 27.3. The van der Waals surface area contributed by atoms with E-state index in [1.54, 1.807) is 39.3 Å². The van der Waals surface area contributed by atoms with Crippen LogP contribution in [-0.4, -0.2) is 118 Å². The number of nitrogens with one attached hydrogen (secondary N) is 2. The van der Waals surface area contributed by atoms with E-state index in [9.17, 15) is 29.4 Å². The number of fused-ring (bicyclic) bond motifs is 6. The fraction of sp³-hybridized carbons (Fsp3) is 0.511. The predicted molar refractivity (Wildman–Crippen MR) is 232 cm³/mol. The molecular formula is C47H60N6O9. The highest BCUT2D eigenvalue weighted by atomic mass is 16.5. The van der Waals surface area contributed by atoms with Gasteiger partial charge in [-0.3, -0.25) is 29.2 Å². The van der Waals surface area contributed by atoms with Crippen molar-refractivity contribution in [2.45, 2.75) is 104 Å². The Hall–Kier alpha value is -5.35. The van der Waals surface area contributed by atoms with Crippen molar-refractivity contribution >= 4 is 34.6 Å². The quantitative estimate of drug-likeness (QED) is 0.171. The van der Waals surface area contributed by atoms with Gasteiger partial charge >= 0.3 is 5.97 Å². The van der Waals surface area contributed by atoms with Gasteiger partial charge in [-0.25, -0.2) is 5.43 Å².